The second-order valence-corrected chi connectivity index (χ2v) is 10.2. The molecule has 178 valence electrons. The Kier molecular flexibility index (Phi) is 6.32. The zero-order chi connectivity index (χ0) is 24.2. The van der Waals surface area contributed by atoms with Gasteiger partial charge in [0.2, 0.25) is 0 Å². The number of fused-ring (bicyclic) bond motifs is 6. The van der Waals surface area contributed by atoms with Gasteiger partial charge < -0.3 is 19.1 Å². The third kappa shape index (κ3) is 3.85. The highest BCUT2D eigenvalue weighted by Gasteiger charge is 2.57. The molecule has 5 nitrogen and oxygen atoms in total. The summed E-state index contributed by atoms with van der Waals surface area (Å²) in [5, 5.41) is 0. The minimum Gasteiger partial charge on any atom is -0.440 e. The van der Waals surface area contributed by atoms with Crippen molar-refractivity contribution in [1.29, 1.82) is 0 Å². The van der Waals surface area contributed by atoms with Crippen molar-refractivity contribution < 1.29 is 19.0 Å². The van der Waals surface area contributed by atoms with Gasteiger partial charge in [0, 0.05) is 19.2 Å². The molecular weight excluding hydrogens is 414 g/mol. The fraction of sp³-hybridized carbons (Fsp3) is 0.536. The van der Waals surface area contributed by atoms with Crippen molar-refractivity contribution in [3.63, 3.8) is 0 Å². The van der Waals surface area contributed by atoms with E-state index in [0.717, 1.165) is 11.1 Å². The fourth-order valence-electron chi connectivity index (χ4n) is 5.93. The number of ether oxygens (including phenoxy) is 3. The molecule has 0 spiro atoms. The average Bonchev–Trinajstić information content (AvgIpc) is 3.14. The molecule has 5 heteroatoms. The summed E-state index contributed by atoms with van der Waals surface area (Å²) >= 11 is 0. The molecule has 4 aliphatic rings. The number of hydrogen-bond acceptors (Lipinski definition) is 4. The van der Waals surface area contributed by atoms with E-state index in [4.69, 9.17) is 14.2 Å². The normalized spacial score (nSPS) is 28.7. The van der Waals surface area contributed by atoms with Crippen LogP contribution in [0.5, 0.6) is 0 Å². The molecule has 0 N–H and O–H groups in total. The largest absolute Gasteiger partial charge is 0.440 e. The first-order valence-corrected chi connectivity index (χ1v) is 12.0. The molecule has 0 aromatic rings. The topological polar surface area (TPSA) is 48.0 Å². The third-order valence-corrected chi connectivity index (χ3v) is 7.05. The van der Waals surface area contributed by atoms with E-state index in [1.807, 2.05) is 27.7 Å². The Labute approximate surface area is 198 Å². The molecule has 4 atom stereocenters. The number of hydrogen-bond donors (Lipinski definition) is 0. The molecule has 1 fully saturated rings. The highest BCUT2D eigenvalue weighted by molar-refractivity contribution is 5.73. The average molecular weight is 452 g/mol. The van der Waals surface area contributed by atoms with E-state index in [9.17, 15) is 4.79 Å². The maximum Gasteiger partial charge on any atom is 0.410 e. The summed E-state index contributed by atoms with van der Waals surface area (Å²) in [5.41, 5.74) is 9.59. The van der Waals surface area contributed by atoms with Gasteiger partial charge in [-0.1, -0.05) is 29.9 Å². The molecule has 1 amide bonds. The number of carbonyl (C=O) groups is 1. The van der Waals surface area contributed by atoms with Crippen LogP contribution in [-0.4, -0.2) is 54.6 Å². The van der Waals surface area contributed by atoms with Crippen LogP contribution >= 0.6 is 0 Å². The molecule has 0 radical (unpaired) electrons. The van der Waals surface area contributed by atoms with Crippen molar-refractivity contribution in [2.24, 2.45) is 0 Å². The highest BCUT2D eigenvalue weighted by atomic mass is 16.6. The lowest BCUT2D eigenvalue weighted by Gasteiger charge is -2.35. The zero-order valence-electron chi connectivity index (χ0n) is 21.4. The van der Waals surface area contributed by atoms with Crippen molar-refractivity contribution in [2.75, 3.05) is 7.11 Å². The summed E-state index contributed by atoms with van der Waals surface area (Å²) in [4.78, 5) is 15.0. The second-order valence-electron chi connectivity index (χ2n) is 10.2. The molecule has 0 aromatic carbocycles. The van der Waals surface area contributed by atoms with E-state index in [1.54, 1.807) is 12.0 Å². The van der Waals surface area contributed by atoms with Gasteiger partial charge in [-0.05, 0) is 94.4 Å². The first kappa shape index (κ1) is 23.8. The Hall–Kier alpha value is -2.37. The number of methoxy groups -OCH3 is 1. The van der Waals surface area contributed by atoms with E-state index in [0.29, 0.717) is 0 Å². The Morgan fingerprint density at radius 1 is 0.909 bits per heavy atom. The molecule has 0 aromatic heterocycles. The number of carbonyl (C=O) groups excluding carboxylic acids is 1. The predicted octanol–water partition coefficient (Wildman–Crippen LogP) is 5.81. The molecular formula is C28H37NO4. The summed E-state index contributed by atoms with van der Waals surface area (Å²) in [7, 11) is 1.67. The Morgan fingerprint density at radius 3 is 2.18 bits per heavy atom. The van der Waals surface area contributed by atoms with Gasteiger partial charge in [-0.25, -0.2) is 4.79 Å². The number of amides is 1. The van der Waals surface area contributed by atoms with E-state index < -0.39 is 6.10 Å². The summed E-state index contributed by atoms with van der Waals surface area (Å²) in [6.07, 6.45) is 7.02. The SMILES string of the molecule is CO[C@@H]1[C@H](OC(=O)N(C(C)C)C(C)C)[C@H]2O[C@@H]1C1=C2C2=C(C)C=C(C)C=C(C)C2=C(C)C=C1. The van der Waals surface area contributed by atoms with E-state index in [-0.39, 0.29) is 36.5 Å². The highest BCUT2D eigenvalue weighted by Crippen LogP contribution is 2.51. The predicted molar refractivity (Wildman–Crippen MR) is 131 cm³/mol. The minimum absolute atomic E-state index is 0.0403. The van der Waals surface area contributed by atoms with Crippen molar-refractivity contribution in [3.05, 3.63) is 68.9 Å². The maximum atomic E-state index is 13.2. The number of nitrogens with zero attached hydrogens (tertiary/aromatic N) is 1. The summed E-state index contributed by atoms with van der Waals surface area (Å²) < 4.78 is 18.5. The molecule has 2 aliphatic heterocycles. The Bertz CT molecular complexity index is 1040. The lowest BCUT2D eigenvalue weighted by atomic mass is 9.79. The van der Waals surface area contributed by atoms with Crippen LogP contribution in [-0.2, 0) is 14.2 Å². The number of allylic oxidation sites excluding steroid dienone is 8. The molecule has 2 aliphatic carbocycles. The molecule has 0 unspecified atom stereocenters. The molecule has 1 saturated heterocycles. The van der Waals surface area contributed by atoms with Gasteiger partial charge in [0.25, 0.3) is 0 Å². The second kappa shape index (κ2) is 8.77. The van der Waals surface area contributed by atoms with Crippen molar-refractivity contribution in [3.8, 4) is 0 Å². The Morgan fingerprint density at radius 2 is 1.58 bits per heavy atom. The van der Waals surface area contributed by atoms with Gasteiger partial charge in [-0.15, -0.1) is 0 Å². The monoisotopic (exact) mass is 451 g/mol. The lowest BCUT2D eigenvalue weighted by molar-refractivity contribution is -0.0285. The Balaban J connectivity index is 1.80. The summed E-state index contributed by atoms with van der Waals surface area (Å²) in [5.74, 6) is 0. The lowest BCUT2D eigenvalue weighted by Crippen LogP contribution is -2.49. The molecule has 2 bridgehead atoms. The maximum absolute atomic E-state index is 13.2. The van der Waals surface area contributed by atoms with E-state index in [2.05, 4.69) is 52.0 Å². The van der Waals surface area contributed by atoms with Crippen LogP contribution in [0.1, 0.15) is 55.4 Å². The van der Waals surface area contributed by atoms with Gasteiger partial charge in [0.15, 0.2) is 6.10 Å². The molecule has 33 heavy (non-hydrogen) atoms. The van der Waals surface area contributed by atoms with Crippen LogP contribution in [0.25, 0.3) is 0 Å². The van der Waals surface area contributed by atoms with Gasteiger partial charge in [-0.2, -0.15) is 0 Å². The van der Waals surface area contributed by atoms with Crippen LogP contribution in [0.3, 0.4) is 0 Å². The smallest absolute Gasteiger partial charge is 0.410 e. The van der Waals surface area contributed by atoms with Gasteiger partial charge in [-0.3, -0.25) is 0 Å². The third-order valence-electron chi connectivity index (χ3n) is 7.05. The number of rotatable bonds is 4. The van der Waals surface area contributed by atoms with Crippen LogP contribution in [0.2, 0.25) is 0 Å². The van der Waals surface area contributed by atoms with E-state index in [1.165, 1.54) is 33.4 Å². The van der Waals surface area contributed by atoms with Crippen LogP contribution in [0.4, 0.5) is 4.79 Å². The van der Waals surface area contributed by atoms with Crippen LogP contribution in [0, 0.1) is 0 Å². The first-order chi connectivity index (χ1) is 15.6. The molecule has 4 rings (SSSR count). The summed E-state index contributed by atoms with van der Waals surface area (Å²) in [6.45, 7) is 16.7. The van der Waals surface area contributed by atoms with Gasteiger partial charge >= 0.3 is 6.09 Å². The van der Waals surface area contributed by atoms with Crippen molar-refractivity contribution in [2.45, 2.75) is 91.9 Å². The first-order valence-electron chi connectivity index (χ1n) is 12.0. The quantitative estimate of drug-likeness (QED) is 0.541. The van der Waals surface area contributed by atoms with Gasteiger partial charge in [0.1, 0.15) is 18.3 Å². The fourth-order valence-corrected chi connectivity index (χ4v) is 5.93. The standard InChI is InChI=1S/C28H37NO4/c1-14(2)29(15(3)4)28(30)33-27-25-23-20(24(32-25)26(27)31-9)11-10-17(6)21-18(7)12-16(5)13-19(8)22(21)23/h10-15,24-27H,1-9H3/t24-,25+,26+,27-/m1/s1. The van der Waals surface area contributed by atoms with Crippen LogP contribution < -0.4 is 0 Å². The minimum atomic E-state index is -0.503. The van der Waals surface area contributed by atoms with E-state index >= 15 is 0 Å². The molecule has 2 heterocycles. The van der Waals surface area contributed by atoms with Crippen molar-refractivity contribution >= 4 is 6.09 Å². The van der Waals surface area contributed by atoms with Crippen molar-refractivity contribution in [1.82, 2.24) is 4.90 Å². The van der Waals surface area contributed by atoms with Gasteiger partial charge in [0.05, 0.1) is 0 Å². The zero-order valence-corrected chi connectivity index (χ0v) is 21.4. The molecule has 0 saturated carbocycles. The summed E-state index contributed by atoms with van der Waals surface area (Å²) in [6, 6.07) is 0.0805. The van der Waals surface area contributed by atoms with Crippen LogP contribution in [0.15, 0.2) is 68.9 Å².